The number of rotatable bonds is 5. The molecule has 0 spiro atoms. The molecule has 4 rings (SSSR count). The van der Waals surface area contributed by atoms with Crippen LogP contribution in [0.4, 0.5) is 26.3 Å². The Hall–Kier alpha value is -3.36. The van der Waals surface area contributed by atoms with Gasteiger partial charge in [-0.05, 0) is 24.8 Å². The van der Waals surface area contributed by atoms with E-state index < -0.39 is 24.3 Å². The highest BCUT2D eigenvalue weighted by Gasteiger charge is 2.39. The zero-order chi connectivity index (χ0) is 25.5. The number of pyridine rings is 1. The Balaban J connectivity index is 0.000000244. The molecule has 2 aromatic rings. The van der Waals surface area contributed by atoms with Crippen LogP contribution in [0.15, 0.2) is 24.4 Å². The van der Waals surface area contributed by atoms with Crippen molar-refractivity contribution in [3.63, 3.8) is 0 Å². The maximum Gasteiger partial charge on any atom is 0.490 e. The molecule has 15 heteroatoms. The fourth-order valence-electron chi connectivity index (χ4n) is 2.75. The SMILES string of the molecule is O=C(O)C(F)(F)F.O=C(O)C(F)(F)F.c1ccc(OCc2n[nH]c3c2CN(CC2CC2)C3)nc1. The molecule has 0 unspecified atom stereocenters. The van der Waals surface area contributed by atoms with E-state index in [9.17, 15) is 26.3 Å². The molecule has 188 valence electrons. The molecule has 0 radical (unpaired) electrons. The van der Waals surface area contributed by atoms with Gasteiger partial charge in [0.15, 0.2) is 0 Å². The van der Waals surface area contributed by atoms with Crippen molar-refractivity contribution in [1.82, 2.24) is 20.1 Å². The molecule has 2 aromatic heterocycles. The summed E-state index contributed by atoms with van der Waals surface area (Å²) < 4.78 is 69.2. The zero-order valence-electron chi connectivity index (χ0n) is 17.4. The van der Waals surface area contributed by atoms with E-state index in [2.05, 4.69) is 20.1 Å². The lowest BCUT2D eigenvalue weighted by Gasteiger charge is -2.14. The molecule has 2 aliphatic rings. The number of fused-ring (bicyclic) bond motifs is 1. The maximum absolute atomic E-state index is 10.6. The Labute approximate surface area is 188 Å². The Morgan fingerprint density at radius 3 is 2.12 bits per heavy atom. The molecule has 3 heterocycles. The molecule has 1 saturated carbocycles. The lowest BCUT2D eigenvalue weighted by Crippen LogP contribution is -2.21. The number of hydrogen-bond acceptors (Lipinski definition) is 6. The van der Waals surface area contributed by atoms with Gasteiger partial charge in [0.05, 0.1) is 5.69 Å². The molecule has 0 aromatic carbocycles. The van der Waals surface area contributed by atoms with Gasteiger partial charge in [0.2, 0.25) is 5.88 Å². The third-order valence-electron chi connectivity index (χ3n) is 4.49. The standard InChI is InChI=1S/C15H18N4O.2C2HF3O2/c1-2-6-16-15(3-1)20-10-14-12-8-19(7-11-4-5-11)9-13(12)17-18-14;2*3-2(4,5)1(6)7/h1-3,6,11H,4-5,7-10H2,(H,17,18);2*(H,6,7). The van der Waals surface area contributed by atoms with Crippen LogP contribution in [0.25, 0.3) is 0 Å². The second kappa shape index (κ2) is 11.2. The number of carboxylic acids is 2. The second-order valence-corrected chi connectivity index (χ2v) is 7.30. The van der Waals surface area contributed by atoms with E-state index in [0.29, 0.717) is 12.5 Å². The van der Waals surface area contributed by atoms with Crippen LogP contribution in [-0.4, -0.2) is 61.1 Å². The minimum atomic E-state index is -5.08. The van der Waals surface area contributed by atoms with Gasteiger partial charge in [0.1, 0.15) is 12.3 Å². The normalized spacial score (nSPS) is 15.4. The van der Waals surface area contributed by atoms with E-state index >= 15 is 0 Å². The summed E-state index contributed by atoms with van der Waals surface area (Å²) >= 11 is 0. The topological polar surface area (TPSA) is 129 Å². The molecule has 0 amide bonds. The number of hydrogen-bond donors (Lipinski definition) is 3. The van der Waals surface area contributed by atoms with Crippen LogP contribution >= 0.6 is 0 Å². The Bertz CT molecular complexity index is 936. The minimum Gasteiger partial charge on any atom is -0.475 e. The van der Waals surface area contributed by atoms with E-state index in [4.69, 9.17) is 24.5 Å². The number of aromatic nitrogens is 3. The lowest BCUT2D eigenvalue weighted by molar-refractivity contribution is -0.193. The average Bonchev–Trinajstić information content (AvgIpc) is 3.34. The van der Waals surface area contributed by atoms with Gasteiger partial charge in [-0.25, -0.2) is 14.6 Å². The summed E-state index contributed by atoms with van der Waals surface area (Å²) in [5.41, 5.74) is 3.59. The monoisotopic (exact) mass is 498 g/mol. The van der Waals surface area contributed by atoms with Crippen LogP contribution in [0.1, 0.15) is 29.8 Å². The molecule has 1 fully saturated rings. The molecule has 1 aliphatic heterocycles. The molecule has 9 nitrogen and oxygen atoms in total. The van der Waals surface area contributed by atoms with Gasteiger partial charge in [-0.3, -0.25) is 10.00 Å². The highest BCUT2D eigenvalue weighted by atomic mass is 19.4. The molecule has 0 bridgehead atoms. The smallest absolute Gasteiger partial charge is 0.475 e. The summed E-state index contributed by atoms with van der Waals surface area (Å²) in [7, 11) is 0. The van der Waals surface area contributed by atoms with Crippen molar-refractivity contribution in [3.8, 4) is 5.88 Å². The third kappa shape index (κ3) is 8.88. The molecule has 0 saturated heterocycles. The van der Waals surface area contributed by atoms with E-state index in [1.807, 2.05) is 18.2 Å². The Morgan fingerprint density at radius 2 is 1.65 bits per heavy atom. The van der Waals surface area contributed by atoms with E-state index in [1.54, 1.807) is 6.20 Å². The average molecular weight is 498 g/mol. The second-order valence-electron chi connectivity index (χ2n) is 7.30. The minimum absolute atomic E-state index is 0.486. The van der Waals surface area contributed by atoms with Crippen molar-refractivity contribution in [2.45, 2.75) is 44.9 Å². The van der Waals surface area contributed by atoms with Crippen molar-refractivity contribution < 1.29 is 50.9 Å². The maximum atomic E-state index is 10.6. The Kier molecular flexibility index (Phi) is 8.84. The van der Waals surface area contributed by atoms with Gasteiger partial charge < -0.3 is 14.9 Å². The summed E-state index contributed by atoms with van der Waals surface area (Å²) in [6, 6.07) is 5.68. The van der Waals surface area contributed by atoms with Crippen molar-refractivity contribution in [2.75, 3.05) is 6.54 Å². The first kappa shape index (κ1) is 26.9. The van der Waals surface area contributed by atoms with Gasteiger partial charge in [-0.2, -0.15) is 31.4 Å². The molecular weight excluding hydrogens is 478 g/mol. The van der Waals surface area contributed by atoms with E-state index in [1.165, 1.54) is 30.6 Å². The number of carbonyl (C=O) groups is 2. The fourth-order valence-corrected chi connectivity index (χ4v) is 2.75. The van der Waals surface area contributed by atoms with Crippen LogP contribution in [-0.2, 0) is 29.3 Å². The molecular formula is C19H20F6N4O5. The van der Waals surface area contributed by atoms with Gasteiger partial charge in [0.25, 0.3) is 0 Å². The summed E-state index contributed by atoms with van der Waals surface area (Å²) in [5, 5.41) is 21.8. The number of H-pyrrole nitrogens is 1. The van der Waals surface area contributed by atoms with Crippen molar-refractivity contribution in [2.24, 2.45) is 5.92 Å². The lowest BCUT2D eigenvalue weighted by atomic mass is 10.2. The number of ether oxygens (including phenoxy) is 1. The number of alkyl halides is 6. The quantitative estimate of drug-likeness (QED) is 0.536. The van der Waals surface area contributed by atoms with Crippen LogP contribution in [0.5, 0.6) is 5.88 Å². The number of aliphatic carboxylic acids is 2. The van der Waals surface area contributed by atoms with Gasteiger partial charge >= 0.3 is 24.3 Å². The summed E-state index contributed by atoms with van der Waals surface area (Å²) in [6.07, 6.45) is -5.63. The summed E-state index contributed by atoms with van der Waals surface area (Å²) in [6.45, 7) is 3.72. The molecule has 34 heavy (non-hydrogen) atoms. The van der Waals surface area contributed by atoms with Crippen LogP contribution in [0, 0.1) is 5.92 Å². The highest BCUT2D eigenvalue weighted by molar-refractivity contribution is 5.73. The first-order valence-electron chi connectivity index (χ1n) is 9.68. The number of nitrogens with zero attached hydrogens (tertiary/aromatic N) is 3. The Morgan fingerprint density at radius 1 is 1.06 bits per heavy atom. The molecule has 3 N–H and O–H groups in total. The highest BCUT2D eigenvalue weighted by Crippen LogP contribution is 2.33. The first-order chi connectivity index (χ1) is 15.8. The number of carboxylic acid groups (broad SMARTS) is 2. The van der Waals surface area contributed by atoms with E-state index in [0.717, 1.165) is 24.7 Å². The van der Waals surface area contributed by atoms with Gasteiger partial charge in [-0.1, -0.05) is 6.07 Å². The summed E-state index contributed by atoms with van der Waals surface area (Å²) in [4.78, 5) is 24.5. The van der Waals surface area contributed by atoms with Crippen LogP contribution < -0.4 is 4.74 Å². The van der Waals surface area contributed by atoms with Crippen molar-refractivity contribution in [3.05, 3.63) is 41.3 Å². The molecule has 0 atom stereocenters. The zero-order valence-corrected chi connectivity index (χ0v) is 17.4. The number of aromatic amines is 1. The van der Waals surface area contributed by atoms with E-state index in [-0.39, 0.29) is 0 Å². The first-order valence-corrected chi connectivity index (χ1v) is 9.68. The van der Waals surface area contributed by atoms with Crippen molar-refractivity contribution in [1.29, 1.82) is 0 Å². The van der Waals surface area contributed by atoms with Crippen molar-refractivity contribution >= 4 is 11.9 Å². The fraction of sp³-hybridized carbons (Fsp3) is 0.474. The predicted molar refractivity (Wildman–Crippen MR) is 101 cm³/mol. The largest absolute Gasteiger partial charge is 0.490 e. The molecule has 1 aliphatic carbocycles. The van der Waals surface area contributed by atoms with Crippen LogP contribution in [0.2, 0.25) is 0 Å². The van der Waals surface area contributed by atoms with Crippen LogP contribution in [0.3, 0.4) is 0 Å². The third-order valence-corrected chi connectivity index (χ3v) is 4.49. The predicted octanol–water partition coefficient (Wildman–Crippen LogP) is 3.38. The summed E-state index contributed by atoms with van der Waals surface area (Å²) in [5.74, 6) is -3.93. The number of nitrogens with one attached hydrogen (secondary N) is 1. The van der Waals surface area contributed by atoms with Gasteiger partial charge in [0, 0.05) is 37.5 Å². The van der Waals surface area contributed by atoms with Gasteiger partial charge in [-0.15, -0.1) is 0 Å². The number of halogens is 6.